The highest BCUT2D eigenvalue weighted by atomic mass is 79.9. The molecule has 0 bridgehead atoms. The van der Waals surface area contributed by atoms with E-state index in [4.69, 9.17) is 16.3 Å². The lowest BCUT2D eigenvalue weighted by Gasteiger charge is -2.08. The molecule has 0 fully saturated rings. The van der Waals surface area contributed by atoms with E-state index in [-0.39, 0.29) is 5.69 Å². The number of ether oxygens (including phenoxy) is 1. The fourth-order valence-electron chi connectivity index (χ4n) is 2.66. The van der Waals surface area contributed by atoms with Crippen molar-refractivity contribution in [1.29, 1.82) is 0 Å². The van der Waals surface area contributed by atoms with Crippen molar-refractivity contribution in [3.63, 3.8) is 0 Å². The maximum Gasteiger partial charge on any atom is 0.352 e. The minimum atomic E-state index is -0.968. The first-order chi connectivity index (χ1) is 11.6. The number of aryl methyl sites for hydroxylation is 1. The predicted molar refractivity (Wildman–Crippen MR) is 98.2 cm³/mol. The number of hydrogen-bond donors (Lipinski definition) is 2. The Kier molecular flexibility index (Phi) is 5.11. The largest absolute Gasteiger partial charge is 0.492 e. The molecule has 0 atom stereocenters. The lowest BCUT2D eigenvalue weighted by atomic mass is 10.1. The molecule has 6 heteroatoms. The zero-order valence-corrected chi connectivity index (χ0v) is 15.0. The first kappa shape index (κ1) is 16.9. The van der Waals surface area contributed by atoms with Crippen molar-refractivity contribution in [1.82, 2.24) is 4.98 Å². The van der Waals surface area contributed by atoms with Gasteiger partial charge in [-0.2, -0.15) is 0 Å². The molecule has 2 aromatic carbocycles. The maximum absolute atomic E-state index is 11.5. The van der Waals surface area contributed by atoms with Gasteiger partial charge in [0.2, 0.25) is 0 Å². The summed E-state index contributed by atoms with van der Waals surface area (Å²) in [5, 5.41) is 10.9. The van der Waals surface area contributed by atoms with Gasteiger partial charge in [-0.1, -0.05) is 29.8 Å². The van der Waals surface area contributed by atoms with Crippen molar-refractivity contribution in [2.24, 2.45) is 0 Å². The number of fused-ring (bicyclic) bond motifs is 1. The third-order valence-corrected chi connectivity index (χ3v) is 4.64. The van der Waals surface area contributed by atoms with Crippen LogP contribution < -0.4 is 4.74 Å². The fourth-order valence-corrected chi connectivity index (χ4v) is 3.23. The second kappa shape index (κ2) is 7.28. The molecule has 0 spiro atoms. The number of H-pyrrole nitrogens is 1. The first-order valence-electron chi connectivity index (χ1n) is 7.47. The van der Waals surface area contributed by atoms with Crippen LogP contribution in [0.5, 0.6) is 5.75 Å². The number of aromatic carboxylic acids is 1. The number of halogens is 2. The number of benzene rings is 2. The summed E-state index contributed by atoms with van der Waals surface area (Å²) < 4.78 is 6.64. The minimum absolute atomic E-state index is 0.216. The maximum atomic E-state index is 11.5. The van der Waals surface area contributed by atoms with Crippen molar-refractivity contribution >= 4 is 44.4 Å². The summed E-state index contributed by atoms with van der Waals surface area (Å²) in [7, 11) is 0. The Balaban J connectivity index is 1.74. The van der Waals surface area contributed by atoms with Gasteiger partial charge in [0.15, 0.2) is 0 Å². The molecule has 1 heterocycles. The van der Waals surface area contributed by atoms with E-state index in [0.29, 0.717) is 24.5 Å². The van der Waals surface area contributed by atoms with Gasteiger partial charge in [-0.05, 0) is 58.6 Å². The van der Waals surface area contributed by atoms with Gasteiger partial charge in [0.25, 0.3) is 0 Å². The van der Waals surface area contributed by atoms with Gasteiger partial charge in [-0.3, -0.25) is 0 Å². The molecule has 0 aliphatic heterocycles. The van der Waals surface area contributed by atoms with Crippen molar-refractivity contribution in [2.75, 3.05) is 6.61 Å². The van der Waals surface area contributed by atoms with Crippen LogP contribution in [-0.2, 0) is 6.42 Å². The molecule has 0 aliphatic rings. The van der Waals surface area contributed by atoms with Gasteiger partial charge in [0.05, 0.1) is 11.1 Å². The SMILES string of the molecule is O=C(O)c1[nH]c2cc(Cl)ccc2c1CCCOc1ccccc1Br. The lowest BCUT2D eigenvalue weighted by Crippen LogP contribution is -2.04. The number of carbonyl (C=O) groups is 1. The van der Waals surface area contributed by atoms with Crippen LogP contribution in [0.4, 0.5) is 0 Å². The van der Waals surface area contributed by atoms with E-state index in [1.165, 1.54) is 0 Å². The molecule has 0 aliphatic carbocycles. The van der Waals surface area contributed by atoms with Crippen LogP contribution in [0, 0.1) is 0 Å². The smallest absolute Gasteiger partial charge is 0.352 e. The molecule has 0 radical (unpaired) electrons. The molecular weight excluding hydrogens is 394 g/mol. The van der Waals surface area contributed by atoms with Gasteiger partial charge in [0.1, 0.15) is 11.4 Å². The lowest BCUT2D eigenvalue weighted by molar-refractivity contribution is 0.0690. The molecule has 0 unspecified atom stereocenters. The molecule has 1 aromatic heterocycles. The van der Waals surface area contributed by atoms with Gasteiger partial charge in [-0.15, -0.1) is 0 Å². The van der Waals surface area contributed by atoms with Crippen LogP contribution in [0.15, 0.2) is 46.9 Å². The highest BCUT2D eigenvalue weighted by Crippen LogP contribution is 2.27. The third kappa shape index (κ3) is 3.57. The highest BCUT2D eigenvalue weighted by Gasteiger charge is 2.17. The molecular formula is C18H15BrClNO3. The highest BCUT2D eigenvalue weighted by molar-refractivity contribution is 9.10. The van der Waals surface area contributed by atoms with Crippen molar-refractivity contribution < 1.29 is 14.6 Å². The topological polar surface area (TPSA) is 62.3 Å². The number of para-hydroxylation sites is 1. The Labute approximate surface area is 152 Å². The quantitative estimate of drug-likeness (QED) is 0.544. The summed E-state index contributed by atoms with van der Waals surface area (Å²) in [6, 6.07) is 13.0. The van der Waals surface area contributed by atoms with E-state index in [1.807, 2.05) is 30.3 Å². The fraction of sp³-hybridized carbons (Fsp3) is 0.167. The number of nitrogens with one attached hydrogen (secondary N) is 1. The predicted octanol–water partition coefficient (Wildman–Crippen LogP) is 5.29. The molecule has 2 N–H and O–H groups in total. The number of aromatic nitrogens is 1. The third-order valence-electron chi connectivity index (χ3n) is 3.75. The number of carboxylic acid groups (broad SMARTS) is 1. The van der Waals surface area contributed by atoms with E-state index in [2.05, 4.69) is 20.9 Å². The van der Waals surface area contributed by atoms with Crippen LogP contribution in [0.25, 0.3) is 10.9 Å². The standard InChI is InChI=1S/C18H15BrClNO3/c19-14-5-1-2-6-16(14)24-9-3-4-13-12-8-7-11(20)10-15(12)21-17(13)18(22)23/h1-2,5-8,10,21H,3-4,9H2,(H,22,23). The van der Waals surface area contributed by atoms with E-state index < -0.39 is 5.97 Å². The van der Waals surface area contributed by atoms with Gasteiger partial charge < -0.3 is 14.8 Å². The Morgan fingerprint density at radius 2 is 2.04 bits per heavy atom. The van der Waals surface area contributed by atoms with Crippen LogP contribution in [-0.4, -0.2) is 22.7 Å². The van der Waals surface area contributed by atoms with Crippen LogP contribution in [0.2, 0.25) is 5.02 Å². The van der Waals surface area contributed by atoms with Crippen LogP contribution in [0.3, 0.4) is 0 Å². The first-order valence-corrected chi connectivity index (χ1v) is 8.64. The second-order valence-electron chi connectivity index (χ2n) is 5.36. The minimum Gasteiger partial charge on any atom is -0.492 e. The number of carboxylic acids is 1. The molecule has 124 valence electrons. The number of aromatic amines is 1. The summed E-state index contributed by atoms with van der Waals surface area (Å²) in [6.07, 6.45) is 1.31. The summed E-state index contributed by atoms with van der Waals surface area (Å²) in [4.78, 5) is 14.4. The normalized spacial score (nSPS) is 10.9. The molecule has 0 saturated carbocycles. The van der Waals surface area contributed by atoms with E-state index in [1.54, 1.807) is 12.1 Å². The molecule has 3 rings (SSSR count). The van der Waals surface area contributed by atoms with Crippen molar-refractivity contribution in [3.05, 3.63) is 63.2 Å². The molecule has 0 amide bonds. The van der Waals surface area contributed by atoms with Crippen molar-refractivity contribution in [3.8, 4) is 5.75 Å². The van der Waals surface area contributed by atoms with E-state index in [0.717, 1.165) is 26.7 Å². The van der Waals surface area contributed by atoms with Crippen LogP contribution >= 0.6 is 27.5 Å². The van der Waals surface area contributed by atoms with E-state index >= 15 is 0 Å². The molecule has 0 saturated heterocycles. The Morgan fingerprint density at radius 1 is 1.25 bits per heavy atom. The van der Waals surface area contributed by atoms with Crippen molar-refractivity contribution in [2.45, 2.75) is 12.8 Å². The Morgan fingerprint density at radius 3 is 2.79 bits per heavy atom. The summed E-state index contributed by atoms with van der Waals surface area (Å²) >= 11 is 9.41. The Hall–Kier alpha value is -1.98. The van der Waals surface area contributed by atoms with E-state index in [9.17, 15) is 9.90 Å². The summed E-state index contributed by atoms with van der Waals surface area (Å²) in [5.74, 6) is -0.189. The number of hydrogen-bond acceptors (Lipinski definition) is 2. The monoisotopic (exact) mass is 407 g/mol. The van der Waals surface area contributed by atoms with Gasteiger partial charge in [0, 0.05) is 15.9 Å². The van der Waals surface area contributed by atoms with Gasteiger partial charge >= 0.3 is 5.97 Å². The van der Waals surface area contributed by atoms with Crippen LogP contribution in [0.1, 0.15) is 22.5 Å². The molecule has 3 aromatic rings. The number of rotatable bonds is 6. The molecule has 4 nitrogen and oxygen atoms in total. The zero-order chi connectivity index (χ0) is 17.1. The Bertz CT molecular complexity index is 891. The average Bonchev–Trinajstić information content (AvgIpc) is 2.91. The zero-order valence-electron chi connectivity index (χ0n) is 12.7. The molecule has 24 heavy (non-hydrogen) atoms. The second-order valence-corrected chi connectivity index (χ2v) is 6.65. The summed E-state index contributed by atoms with van der Waals surface area (Å²) in [5.41, 5.74) is 1.74. The van der Waals surface area contributed by atoms with Gasteiger partial charge in [-0.25, -0.2) is 4.79 Å². The average molecular weight is 409 g/mol. The summed E-state index contributed by atoms with van der Waals surface area (Å²) in [6.45, 7) is 0.502.